The van der Waals surface area contributed by atoms with Crippen LogP contribution in [0.4, 0.5) is 11.4 Å². The van der Waals surface area contributed by atoms with Crippen LogP contribution in [0, 0.1) is 0 Å². The molecule has 2 rings (SSSR count). The van der Waals surface area contributed by atoms with Crippen molar-refractivity contribution in [2.45, 2.75) is 6.42 Å². The third-order valence-electron chi connectivity index (χ3n) is 2.78. The quantitative estimate of drug-likeness (QED) is 0.851. The standard InChI is InChI=1S/C13H16BrN3/c1-17(8-6-11-3-2-7-16-11)13-5-4-10(14)9-12(13)15/h2-5,7,9,16H,6,8,15H2,1H3. The maximum atomic E-state index is 5.99. The first-order valence-corrected chi connectivity index (χ1v) is 6.34. The number of nitrogens with zero attached hydrogens (tertiary/aromatic N) is 1. The molecule has 3 nitrogen and oxygen atoms in total. The fourth-order valence-corrected chi connectivity index (χ4v) is 2.18. The lowest BCUT2D eigenvalue weighted by Gasteiger charge is -2.21. The van der Waals surface area contributed by atoms with Crippen LogP contribution in [-0.2, 0) is 6.42 Å². The third-order valence-corrected chi connectivity index (χ3v) is 3.27. The summed E-state index contributed by atoms with van der Waals surface area (Å²) in [7, 11) is 2.06. The monoisotopic (exact) mass is 293 g/mol. The minimum atomic E-state index is 0.799. The molecule has 0 aliphatic heterocycles. The van der Waals surface area contributed by atoms with Gasteiger partial charge in [0.05, 0.1) is 11.4 Å². The second kappa shape index (κ2) is 5.27. The number of aromatic nitrogens is 1. The molecule has 0 saturated heterocycles. The Kier molecular flexibility index (Phi) is 3.74. The first-order chi connectivity index (χ1) is 8.16. The van der Waals surface area contributed by atoms with Gasteiger partial charge in [0.2, 0.25) is 0 Å². The number of likely N-dealkylation sites (N-methyl/N-ethyl adjacent to an activating group) is 1. The van der Waals surface area contributed by atoms with Crippen LogP contribution in [0.15, 0.2) is 41.0 Å². The number of nitrogens with two attached hydrogens (primary N) is 1. The Morgan fingerprint density at radius 2 is 2.18 bits per heavy atom. The molecule has 0 bridgehead atoms. The average Bonchev–Trinajstić information content (AvgIpc) is 2.78. The van der Waals surface area contributed by atoms with Crippen LogP contribution < -0.4 is 10.6 Å². The van der Waals surface area contributed by atoms with Crippen LogP contribution in [0.1, 0.15) is 5.69 Å². The Morgan fingerprint density at radius 3 is 2.82 bits per heavy atom. The van der Waals surface area contributed by atoms with E-state index in [0.717, 1.165) is 28.8 Å². The molecule has 4 heteroatoms. The Bertz CT molecular complexity index is 479. The maximum absolute atomic E-state index is 5.99. The zero-order valence-electron chi connectivity index (χ0n) is 9.78. The van der Waals surface area contributed by atoms with Gasteiger partial charge < -0.3 is 15.6 Å². The van der Waals surface area contributed by atoms with Gasteiger partial charge in [0, 0.05) is 36.4 Å². The van der Waals surface area contributed by atoms with E-state index in [4.69, 9.17) is 5.73 Å². The second-order valence-corrected chi connectivity index (χ2v) is 4.99. The lowest BCUT2D eigenvalue weighted by molar-refractivity contribution is 0.860. The molecule has 90 valence electrons. The fourth-order valence-electron chi connectivity index (χ4n) is 1.80. The first-order valence-electron chi connectivity index (χ1n) is 5.55. The van der Waals surface area contributed by atoms with Crippen molar-refractivity contribution in [2.75, 3.05) is 24.2 Å². The van der Waals surface area contributed by atoms with Gasteiger partial charge in [0.25, 0.3) is 0 Å². The number of nitrogen functional groups attached to an aromatic ring is 1. The van der Waals surface area contributed by atoms with E-state index in [1.165, 1.54) is 5.69 Å². The molecule has 0 atom stereocenters. The molecule has 1 aromatic heterocycles. The highest BCUT2D eigenvalue weighted by molar-refractivity contribution is 9.10. The summed E-state index contributed by atoms with van der Waals surface area (Å²) in [6, 6.07) is 10.1. The van der Waals surface area contributed by atoms with E-state index in [2.05, 4.69) is 38.9 Å². The number of hydrogen-bond acceptors (Lipinski definition) is 2. The zero-order valence-corrected chi connectivity index (χ0v) is 11.4. The molecule has 0 unspecified atom stereocenters. The molecule has 0 saturated carbocycles. The number of benzene rings is 1. The molecule has 0 spiro atoms. The molecule has 0 fully saturated rings. The van der Waals surface area contributed by atoms with Gasteiger partial charge in [-0.05, 0) is 30.3 Å². The lowest BCUT2D eigenvalue weighted by atomic mass is 10.2. The summed E-state index contributed by atoms with van der Waals surface area (Å²) in [5.41, 5.74) is 9.10. The van der Waals surface area contributed by atoms with Crippen LogP contribution in [0.3, 0.4) is 0 Å². The molecule has 0 aliphatic carbocycles. The molecule has 0 aliphatic rings. The van der Waals surface area contributed by atoms with E-state index in [-0.39, 0.29) is 0 Å². The number of H-pyrrole nitrogens is 1. The highest BCUT2D eigenvalue weighted by Gasteiger charge is 2.05. The van der Waals surface area contributed by atoms with Crippen LogP contribution in [0.25, 0.3) is 0 Å². The van der Waals surface area contributed by atoms with Crippen molar-refractivity contribution < 1.29 is 0 Å². The van der Waals surface area contributed by atoms with Gasteiger partial charge in [-0.25, -0.2) is 0 Å². The summed E-state index contributed by atoms with van der Waals surface area (Å²) in [5, 5.41) is 0. The van der Waals surface area contributed by atoms with Gasteiger partial charge in [-0.3, -0.25) is 0 Å². The highest BCUT2D eigenvalue weighted by Crippen LogP contribution is 2.25. The molecular formula is C13H16BrN3. The summed E-state index contributed by atoms with van der Waals surface area (Å²) >= 11 is 3.41. The van der Waals surface area contributed by atoms with E-state index < -0.39 is 0 Å². The van der Waals surface area contributed by atoms with Crippen LogP contribution in [0.2, 0.25) is 0 Å². The second-order valence-electron chi connectivity index (χ2n) is 4.07. The Hall–Kier alpha value is -1.42. The summed E-state index contributed by atoms with van der Waals surface area (Å²) in [6.45, 7) is 0.937. The lowest BCUT2D eigenvalue weighted by Crippen LogP contribution is -2.21. The van der Waals surface area contributed by atoms with Crippen molar-refractivity contribution in [1.29, 1.82) is 0 Å². The highest BCUT2D eigenvalue weighted by atomic mass is 79.9. The van der Waals surface area contributed by atoms with E-state index in [1.807, 2.05) is 30.5 Å². The predicted octanol–water partition coefficient (Wildman–Crippen LogP) is 3.04. The van der Waals surface area contributed by atoms with E-state index in [1.54, 1.807) is 0 Å². The normalized spacial score (nSPS) is 10.5. The molecule has 17 heavy (non-hydrogen) atoms. The third kappa shape index (κ3) is 3.03. The summed E-state index contributed by atoms with van der Waals surface area (Å²) in [6.07, 6.45) is 2.93. The summed E-state index contributed by atoms with van der Waals surface area (Å²) < 4.78 is 1.01. The molecule has 2 aromatic rings. The average molecular weight is 294 g/mol. The molecule has 1 aromatic carbocycles. The largest absolute Gasteiger partial charge is 0.397 e. The van der Waals surface area contributed by atoms with Crippen LogP contribution >= 0.6 is 15.9 Å². The molecular weight excluding hydrogens is 278 g/mol. The van der Waals surface area contributed by atoms with Gasteiger partial charge in [-0.15, -0.1) is 0 Å². The van der Waals surface area contributed by atoms with Crippen LogP contribution in [-0.4, -0.2) is 18.6 Å². The zero-order chi connectivity index (χ0) is 12.3. The maximum Gasteiger partial charge on any atom is 0.0598 e. The van der Waals surface area contributed by atoms with E-state index in [0.29, 0.717) is 0 Å². The van der Waals surface area contributed by atoms with Crippen molar-refractivity contribution in [2.24, 2.45) is 0 Å². The van der Waals surface area contributed by atoms with Crippen LogP contribution in [0.5, 0.6) is 0 Å². The van der Waals surface area contributed by atoms with Crippen molar-refractivity contribution in [3.8, 4) is 0 Å². The smallest absolute Gasteiger partial charge is 0.0598 e. The van der Waals surface area contributed by atoms with E-state index in [9.17, 15) is 0 Å². The summed E-state index contributed by atoms with van der Waals surface area (Å²) in [4.78, 5) is 5.37. The molecule has 0 radical (unpaired) electrons. The van der Waals surface area contributed by atoms with Crippen molar-refractivity contribution in [3.05, 3.63) is 46.7 Å². The minimum absolute atomic E-state index is 0.799. The Labute approximate surface area is 110 Å². The Balaban J connectivity index is 2.01. The number of aromatic amines is 1. The Morgan fingerprint density at radius 1 is 1.35 bits per heavy atom. The molecule has 0 amide bonds. The first kappa shape index (κ1) is 12.0. The van der Waals surface area contributed by atoms with Gasteiger partial charge in [-0.2, -0.15) is 0 Å². The number of halogens is 1. The topological polar surface area (TPSA) is 45.0 Å². The predicted molar refractivity (Wildman–Crippen MR) is 76.3 cm³/mol. The minimum Gasteiger partial charge on any atom is -0.397 e. The summed E-state index contributed by atoms with van der Waals surface area (Å²) in [5.74, 6) is 0. The molecule has 3 N–H and O–H groups in total. The van der Waals surface area contributed by atoms with Crippen molar-refractivity contribution in [3.63, 3.8) is 0 Å². The number of nitrogens with one attached hydrogen (secondary N) is 1. The molecule has 1 heterocycles. The SMILES string of the molecule is CN(CCc1ccc[nH]1)c1ccc(Br)cc1N. The number of rotatable bonds is 4. The van der Waals surface area contributed by atoms with Gasteiger partial charge >= 0.3 is 0 Å². The van der Waals surface area contributed by atoms with E-state index >= 15 is 0 Å². The van der Waals surface area contributed by atoms with Gasteiger partial charge in [0.1, 0.15) is 0 Å². The van der Waals surface area contributed by atoms with Crippen molar-refractivity contribution >= 4 is 27.3 Å². The number of hydrogen-bond donors (Lipinski definition) is 2. The fraction of sp³-hybridized carbons (Fsp3) is 0.231. The van der Waals surface area contributed by atoms with Crippen molar-refractivity contribution in [1.82, 2.24) is 4.98 Å². The van der Waals surface area contributed by atoms with Gasteiger partial charge in [-0.1, -0.05) is 15.9 Å². The number of anilines is 2. The van der Waals surface area contributed by atoms with Gasteiger partial charge in [0.15, 0.2) is 0 Å².